The summed E-state index contributed by atoms with van der Waals surface area (Å²) in [5.74, 6) is 0.232. The van der Waals surface area contributed by atoms with Crippen LogP contribution in [0.4, 0.5) is 10.5 Å². The predicted octanol–water partition coefficient (Wildman–Crippen LogP) is 2.57. The number of nitrogens with one attached hydrogen (secondary N) is 1. The topological polar surface area (TPSA) is 71.1 Å². The molecule has 1 fully saturated rings. The molecule has 0 bridgehead atoms. The lowest BCUT2D eigenvalue weighted by Gasteiger charge is -2.20. The molecule has 1 saturated heterocycles. The summed E-state index contributed by atoms with van der Waals surface area (Å²) in [4.78, 5) is 28.1. The maximum Gasteiger partial charge on any atom is 0.325 e. The molecular weight excluding hydrogens is 346 g/mol. The van der Waals surface area contributed by atoms with Gasteiger partial charge in [0.2, 0.25) is 5.91 Å². The molecule has 1 aromatic carbocycles. The SMILES string of the molecule is CCOC(CNC(=O)CN1CCN(c2ccc(C(C)C)cc2)C1=O)OCC. The van der Waals surface area contributed by atoms with Gasteiger partial charge in [0.15, 0.2) is 6.29 Å². The van der Waals surface area contributed by atoms with Crippen LogP contribution in [0.15, 0.2) is 24.3 Å². The number of benzene rings is 1. The fourth-order valence-electron chi connectivity index (χ4n) is 2.97. The van der Waals surface area contributed by atoms with Crippen molar-refractivity contribution in [1.29, 1.82) is 0 Å². The molecule has 1 N–H and O–H groups in total. The smallest absolute Gasteiger partial charge is 0.325 e. The molecule has 1 aliphatic rings. The fourth-order valence-corrected chi connectivity index (χ4v) is 2.97. The van der Waals surface area contributed by atoms with Crippen LogP contribution in [-0.2, 0) is 14.3 Å². The standard InChI is InChI=1S/C20H31N3O4/c1-5-26-19(27-6-2)13-21-18(24)14-22-11-12-23(20(22)25)17-9-7-16(8-10-17)15(3)4/h7-10,15,19H,5-6,11-14H2,1-4H3,(H,21,24). The van der Waals surface area contributed by atoms with Gasteiger partial charge in [-0.05, 0) is 37.5 Å². The van der Waals surface area contributed by atoms with Crippen LogP contribution in [0.25, 0.3) is 0 Å². The number of hydrogen-bond donors (Lipinski definition) is 1. The van der Waals surface area contributed by atoms with Gasteiger partial charge < -0.3 is 19.7 Å². The maximum atomic E-state index is 12.6. The molecule has 3 amide bonds. The van der Waals surface area contributed by atoms with E-state index in [1.54, 1.807) is 9.80 Å². The molecule has 1 aromatic rings. The van der Waals surface area contributed by atoms with E-state index in [0.29, 0.717) is 32.2 Å². The number of carbonyl (C=O) groups excluding carboxylic acids is 2. The summed E-state index contributed by atoms with van der Waals surface area (Å²) < 4.78 is 10.8. The lowest BCUT2D eigenvalue weighted by Crippen LogP contribution is -2.43. The van der Waals surface area contributed by atoms with Gasteiger partial charge in [-0.3, -0.25) is 9.69 Å². The highest BCUT2D eigenvalue weighted by Gasteiger charge is 2.30. The Hall–Kier alpha value is -2.12. The largest absolute Gasteiger partial charge is 0.351 e. The van der Waals surface area contributed by atoms with Gasteiger partial charge in [-0.2, -0.15) is 0 Å². The molecule has 1 heterocycles. The zero-order chi connectivity index (χ0) is 19.8. The number of urea groups is 1. The van der Waals surface area contributed by atoms with Crippen LogP contribution in [0.2, 0.25) is 0 Å². The normalized spacial score (nSPS) is 14.5. The maximum absolute atomic E-state index is 12.6. The van der Waals surface area contributed by atoms with Gasteiger partial charge in [-0.25, -0.2) is 4.79 Å². The lowest BCUT2D eigenvalue weighted by atomic mass is 10.0. The van der Waals surface area contributed by atoms with Crippen molar-refractivity contribution in [3.8, 4) is 0 Å². The van der Waals surface area contributed by atoms with Crippen molar-refractivity contribution in [3.63, 3.8) is 0 Å². The molecule has 150 valence electrons. The number of ether oxygens (including phenoxy) is 2. The van der Waals surface area contributed by atoms with Gasteiger partial charge in [0.25, 0.3) is 0 Å². The number of nitrogens with zero attached hydrogens (tertiary/aromatic N) is 2. The first kappa shape index (κ1) is 21.2. The van der Waals surface area contributed by atoms with E-state index in [0.717, 1.165) is 5.69 Å². The Kier molecular flexibility index (Phi) is 8.06. The summed E-state index contributed by atoms with van der Waals surface area (Å²) in [6.07, 6.45) is -0.464. The summed E-state index contributed by atoms with van der Waals surface area (Å²) in [6.45, 7) is 10.4. The molecule has 0 aliphatic carbocycles. The molecule has 7 heteroatoms. The van der Waals surface area contributed by atoms with Crippen molar-refractivity contribution in [2.24, 2.45) is 0 Å². The number of anilines is 1. The summed E-state index contributed by atoms with van der Waals surface area (Å²) in [7, 11) is 0. The third-order valence-electron chi connectivity index (χ3n) is 4.47. The van der Waals surface area contributed by atoms with Crippen LogP contribution in [0, 0.1) is 0 Å². The first-order chi connectivity index (χ1) is 13.0. The fraction of sp³-hybridized carbons (Fsp3) is 0.600. The summed E-state index contributed by atoms with van der Waals surface area (Å²) >= 11 is 0. The predicted molar refractivity (Wildman–Crippen MR) is 105 cm³/mol. The van der Waals surface area contributed by atoms with Gasteiger partial charge in [0.1, 0.15) is 6.54 Å². The van der Waals surface area contributed by atoms with Gasteiger partial charge in [-0.1, -0.05) is 26.0 Å². The van der Waals surface area contributed by atoms with E-state index in [1.807, 2.05) is 38.1 Å². The van der Waals surface area contributed by atoms with Crippen LogP contribution in [-0.4, -0.2) is 62.5 Å². The molecule has 7 nitrogen and oxygen atoms in total. The summed E-state index contributed by atoms with van der Waals surface area (Å²) in [6, 6.07) is 7.87. The molecule has 0 atom stereocenters. The van der Waals surface area contributed by atoms with Gasteiger partial charge in [0, 0.05) is 32.0 Å². The minimum absolute atomic E-state index is 0.0321. The average Bonchev–Trinajstić information content (AvgIpc) is 3.00. The first-order valence-corrected chi connectivity index (χ1v) is 9.62. The minimum atomic E-state index is -0.464. The number of rotatable bonds is 10. The Labute approximate surface area is 161 Å². The molecule has 2 rings (SSSR count). The Morgan fingerprint density at radius 1 is 1.11 bits per heavy atom. The highest BCUT2D eigenvalue weighted by atomic mass is 16.7. The highest BCUT2D eigenvalue weighted by Crippen LogP contribution is 2.23. The van der Waals surface area contributed by atoms with Crippen molar-refractivity contribution >= 4 is 17.6 Å². The Morgan fingerprint density at radius 2 is 1.74 bits per heavy atom. The Morgan fingerprint density at radius 3 is 2.30 bits per heavy atom. The second kappa shape index (κ2) is 10.3. The van der Waals surface area contributed by atoms with Crippen LogP contribution >= 0.6 is 0 Å². The van der Waals surface area contributed by atoms with E-state index in [1.165, 1.54) is 5.56 Å². The number of amides is 3. The van der Waals surface area contributed by atoms with Crippen molar-refractivity contribution in [2.75, 3.05) is 44.3 Å². The second-order valence-corrected chi connectivity index (χ2v) is 6.75. The summed E-state index contributed by atoms with van der Waals surface area (Å²) in [5.41, 5.74) is 2.10. The zero-order valence-electron chi connectivity index (χ0n) is 16.7. The lowest BCUT2D eigenvalue weighted by molar-refractivity contribution is -0.140. The molecular formula is C20H31N3O4. The average molecular weight is 377 g/mol. The Balaban J connectivity index is 1.86. The van der Waals surface area contributed by atoms with Crippen molar-refractivity contribution < 1.29 is 19.1 Å². The minimum Gasteiger partial charge on any atom is -0.351 e. The molecule has 0 spiro atoms. The zero-order valence-corrected chi connectivity index (χ0v) is 16.7. The van der Waals surface area contributed by atoms with Crippen LogP contribution in [0.3, 0.4) is 0 Å². The number of carbonyl (C=O) groups is 2. The molecule has 0 radical (unpaired) electrons. The highest BCUT2D eigenvalue weighted by molar-refractivity contribution is 5.96. The van der Waals surface area contributed by atoms with E-state index in [4.69, 9.17) is 9.47 Å². The van der Waals surface area contributed by atoms with E-state index in [2.05, 4.69) is 19.2 Å². The van der Waals surface area contributed by atoms with E-state index < -0.39 is 6.29 Å². The first-order valence-electron chi connectivity index (χ1n) is 9.62. The molecule has 0 aromatic heterocycles. The van der Waals surface area contributed by atoms with Gasteiger partial charge >= 0.3 is 6.03 Å². The second-order valence-electron chi connectivity index (χ2n) is 6.75. The third-order valence-corrected chi connectivity index (χ3v) is 4.47. The molecule has 1 aliphatic heterocycles. The molecule has 0 unspecified atom stereocenters. The quantitative estimate of drug-likeness (QED) is 0.636. The van der Waals surface area contributed by atoms with E-state index in [-0.39, 0.29) is 25.0 Å². The third kappa shape index (κ3) is 5.94. The summed E-state index contributed by atoms with van der Waals surface area (Å²) in [5, 5.41) is 2.77. The number of hydrogen-bond acceptors (Lipinski definition) is 4. The van der Waals surface area contributed by atoms with Crippen LogP contribution < -0.4 is 10.2 Å². The molecule has 0 saturated carbocycles. The van der Waals surface area contributed by atoms with E-state index >= 15 is 0 Å². The monoisotopic (exact) mass is 377 g/mol. The van der Waals surface area contributed by atoms with E-state index in [9.17, 15) is 9.59 Å². The van der Waals surface area contributed by atoms with Crippen LogP contribution in [0.5, 0.6) is 0 Å². The van der Waals surface area contributed by atoms with Gasteiger partial charge in [-0.15, -0.1) is 0 Å². The van der Waals surface area contributed by atoms with Crippen molar-refractivity contribution in [3.05, 3.63) is 29.8 Å². The van der Waals surface area contributed by atoms with Crippen molar-refractivity contribution in [1.82, 2.24) is 10.2 Å². The van der Waals surface area contributed by atoms with Crippen molar-refractivity contribution in [2.45, 2.75) is 39.9 Å². The molecule has 27 heavy (non-hydrogen) atoms. The van der Waals surface area contributed by atoms with Crippen LogP contribution in [0.1, 0.15) is 39.2 Å². The van der Waals surface area contributed by atoms with Gasteiger partial charge in [0.05, 0.1) is 6.54 Å². The Bertz CT molecular complexity index is 612.